The number of carbonyl (C=O) groups is 2. The minimum atomic E-state index is -3.88. The molecule has 0 aliphatic carbocycles. The molecule has 166 valence electrons. The van der Waals surface area contributed by atoms with Crippen LogP contribution in [0.3, 0.4) is 0 Å². The van der Waals surface area contributed by atoms with Crippen molar-refractivity contribution in [3.05, 3.63) is 59.7 Å². The van der Waals surface area contributed by atoms with E-state index in [-0.39, 0.29) is 17.9 Å². The highest BCUT2D eigenvalue weighted by Gasteiger charge is 2.43. The third-order valence-electron chi connectivity index (χ3n) is 5.85. The summed E-state index contributed by atoms with van der Waals surface area (Å²) < 4.78 is 38.2. The van der Waals surface area contributed by atoms with Crippen LogP contribution in [0.25, 0.3) is 0 Å². The van der Waals surface area contributed by atoms with E-state index in [2.05, 4.69) is 0 Å². The van der Waals surface area contributed by atoms with Crippen LogP contribution in [0.4, 0.5) is 5.69 Å². The monoisotopic (exact) mass is 445 g/mol. The first-order valence-corrected chi connectivity index (χ1v) is 11.5. The second kappa shape index (κ2) is 9.09. The van der Waals surface area contributed by atoms with Crippen LogP contribution in [0.5, 0.6) is 0 Å². The van der Waals surface area contributed by atoms with Crippen LogP contribution in [0.1, 0.15) is 30.4 Å². The average Bonchev–Trinajstić information content (AvgIpc) is 2.77. The van der Waals surface area contributed by atoms with Gasteiger partial charge in [0, 0.05) is 12.5 Å². The van der Waals surface area contributed by atoms with Crippen molar-refractivity contribution in [1.29, 1.82) is 0 Å². The number of hydrogen-bond donors (Lipinski definition) is 0. The first-order valence-electron chi connectivity index (χ1n) is 10.0. The highest BCUT2D eigenvalue weighted by atomic mass is 32.2. The molecule has 7 nitrogen and oxygen atoms in total. The SMILES string of the molecule is COC(=O)CC1CN(S(=O)(=O)c2ccc(C)cc2)c2ccccc2C1C(C)C(=O)OC. The van der Waals surface area contributed by atoms with Crippen LogP contribution in [0, 0.1) is 18.8 Å². The van der Waals surface area contributed by atoms with Crippen molar-refractivity contribution in [3.8, 4) is 0 Å². The van der Waals surface area contributed by atoms with Gasteiger partial charge >= 0.3 is 11.9 Å². The Bertz CT molecular complexity index is 1060. The maximum atomic E-state index is 13.5. The second-order valence-electron chi connectivity index (χ2n) is 7.79. The molecular formula is C23H27NO6S. The van der Waals surface area contributed by atoms with Gasteiger partial charge in [-0.3, -0.25) is 13.9 Å². The van der Waals surface area contributed by atoms with Gasteiger partial charge in [-0.2, -0.15) is 0 Å². The molecule has 3 rings (SSSR count). The van der Waals surface area contributed by atoms with E-state index >= 15 is 0 Å². The summed E-state index contributed by atoms with van der Waals surface area (Å²) in [5.74, 6) is -2.29. The molecule has 0 saturated carbocycles. The van der Waals surface area contributed by atoms with Crippen LogP contribution >= 0.6 is 0 Å². The first kappa shape index (κ1) is 22.8. The molecule has 31 heavy (non-hydrogen) atoms. The number of esters is 2. The molecule has 0 bridgehead atoms. The molecule has 1 aliphatic rings. The molecule has 2 aromatic rings. The number of aryl methyl sites for hydroxylation is 1. The Morgan fingerprint density at radius 1 is 1.06 bits per heavy atom. The highest BCUT2D eigenvalue weighted by molar-refractivity contribution is 7.92. The number of rotatable bonds is 6. The lowest BCUT2D eigenvalue weighted by Gasteiger charge is -2.41. The van der Waals surface area contributed by atoms with Crippen molar-refractivity contribution in [2.45, 2.75) is 31.1 Å². The fraction of sp³-hybridized carbons (Fsp3) is 0.391. The normalized spacial score (nSPS) is 19.3. The van der Waals surface area contributed by atoms with E-state index < -0.39 is 39.7 Å². The summed E-state index contributed by atoms with van der Waals surface area (Å²) in [6.07, 6.45) is -0.0171. The number of carbonyl (C=O) groups excluding carboxylic acids is 2. The summed E-state index contributed by atoms with van der Waals surface area (Å²) in [5, 5.41) is 0. The third-order valence-corrected chi connectivity index (χ3v) is 7.64. The summed E-state index contributed by atoms with van der Waals surface area (Å²) in [5.41, 5.74) is 2.15. The van der Waals surface area contributed by atoms with Crippen molar-refractivity contribution < 1.29 is 27.5 Å². The minimum Gasteiger partial charge on any atom is -0.469 e. The molecule has 0 N–H and O–H groups in total. The topological polar surface area (TPSA) is 90.0 Å². The molecule has 3 unspecified atom stereocenters. The maximum absolute atomic E-state index is 13.5. The van der Waals surface area contributed by atoms with Gasteiger partial charge in [0.1, 0.15) is 0 Å². The number of para-hydroxylation sites is 1. The molecule has 8 heteroatoms. The van der Waals surface area contributed by atoms with Crippen LogP contribution in [-0.2, 0) is 29.1 Å². The van der Waals surface area contributed by atoms with Crippen LogP contribution < -0.4 is 4.31 Å². The third kappa shape index (κ3) is 4.44. The van der Waals surface area contributed by atoms with Gasteiger partial charge in [0.2, 0.25) is 0 Å². The summed E-state index contributed by atoms with van der Waals surface area (Å²) in [7, 11) is -1.27. The van der Waals surface area contributed by atoms with E-state index in [9.17, 15) is 18.0 Å². The van der Waals surface area contributed by atoms with Gasteiger partial charge in [0.05, 0.1) is 37.1 Å². The van der Waals surface area contributed by atoms with Crippen LogP contribution in [0.15, 0.2) is 53.4 Å². The lowest BCUT2D eigenvalue weighted by atomic mass is 9.73. The largest absolute Gasteiger partial charge is 0.469 e. The Morgan fingerprint density at radius 3 is 2.32 bits per heavy atom. The Hall–Kier alpha value is -2.87. The predicted octanol–water partition coefficient (Wildman–Crippen LogP) is 3.28. The Kier molecular flexibility index (Phi) is 6.69. The molecule has 3 atom stereocenters. The quantitative estimate of drug-likeness (QED) is 0.634. The molecular weight excluding hydrogens is 418 g/mol. The zero-order chi connectivity index (χ0) is 22.8. The number of fused-ring (bicyclic) bond motifs is 1. The van der Waals surface area contributed by atoms with Crippen molar-refractivity contribution in [2.24, 2.45) is 11.8 Å². The summed E-state index contributed by atoms with van der Waals surface area (Å²) >= 11 is 0. The number of ether oxygens (including phenoxy) is 2. The van der Waals surface area contributed by atoms with Crippen molar-refractivity contribution in [1.82, 2.24) is 0 Å². The molecule has 1 aliphatic heterocycles. The molecule has 0 fully saturated rings. The zero-order valence-electron chi connectivity index (χ0n) is 18.1. The van der Waals surface area contributed by atoms with E-state index in [1.54, 1.807) is 55.5 Å². The Morgan fingerprint density at radius 2 is 1.71 bits per heavy atom. The molecule has 2 aromatic carbocycles. The summed E-state index contributed by atoms with van der Waals surface area (Å²) in [6, 6.07) is 13.7. The molecule has 0 radical (unpaired) electrons. The first-order chi connectivity index (χ1) is 14.7. The van der Waals surface area contributed by atoms with Gasteiger partial charge < -0.3 is 9.47 Å². The van der Waals surface area contributed by atoms with Gasteiger partial charge in [-0.05, 0) is 36.6 Å². The van der Waals surface area contributed by atoms with Crippen molar-refractivity contribution >= 4 is 27.6 Å². The maximum Gasteiger partial charge on any atom is 0.309 e. The number of nitrogens with zero attached hydrogens (tertiary/aromatic N) is 1. The second-order valence-corrected chi connectivity index (χ2v) is 9.65. The van der Waals surface area contributed by atoms with Crippen LogP contribution in [-0.4, -0.2) is 41.1 Å². The van der Waals surface area contributed by atoms with E-state index in [1.165, 1.54) is 18.5 Å². The summed E-state index contributed by atoms with van der Waals surface area (Å²) in [6.45, 7) is 3.67. The molecule has 0 aromatic heterocycles. The smallest absolute Gasteiger partial charge is 0.309 e. The van der Waals surface area contributed by atoms with E-state index in [4.69, 9.17) is 9.47 Å². The molecule has 1 heterocycles. The number of sulfonamides is 1. The number of anilines is 1. The van der Waals surface area contributed by atoms with Gasteiger partial charge in [0.15, 0.2) is 0 Å². The van der Waals surface area contributed by atoms with E-state index in [0.29, 0.717) is 11.3 Å². The molecule has 0 amide bonds. The van der Waals surface area contributed by atoms with E-state index in [0.717, 1.165) is 5.56 Å². The molecule has 0 spiro atoms. The van der Waals surface area contributed by atoms with Gasteiger partial charge in [0.25, 0.3) is 10.0 Å². The van der Waals surface area contributed by atoms with Gasteiger partial charge in [-0.25, -0.2) is 8.42 Å². The van der Waals surface area contributed by atoms with E-state index in [1.807, 2.05) is 6.92 Å². The Balaban J connectivity index is 2.14. The lowest BCUT2D eigenvalue weighted by molar-refractivity contribution is -0.148. The van der Waals surface area contributed by atoms with Crippen LogP contribution in [0.2, 0.25) is 0 Å². The van der Waals surface area contributed by atoms with Gasteiger partial charge in [-0.15, -0.1) is 0 Å². The standard InChI is InChI=1S/C23H27NO6S/c1-15-9-11-18(12-10-15)31(27,28)24-14-17(13-21(25)29-3)22(16(2)23(26)30-4)19-7-5-6-8-20(19)24/h5-12,16-17,22H,13-14H2,1-4H3. The average molecular weight is 446 g/mol. The number of benzene rings is 2. The zero-order valence-corrected chi connectivity index (χ0v) is 18.9. The minimum absolute atomic E-state index is 0.0171. The lowest BCUT2D eigenvalue weighted by Crippen LogP contribution is -2.45. The number of methoxy groups -OCH3 is 2. The van der Waals surface area contributed by atoms with Crippen molar-refractivity contribution in [3.63, 3.8) is 0 Å². The Labute approximate surface area is 183 Å². The van der Waals surface area contributed by atoms with Gasteiger partial charge in [-0.1, -0.05) is 42.8 Å². The summed E-state index contributed by atoms with van der Waals surface area (Å²) in [4.78, 5) is 24.7. The predicted molar refractivity (Wildman–Crippen MR) is 116 cm³/mol. The highest BCUT2D eigenvalue weighted by Crippen LogP contribution is 2.46. The molecule has 0 saturated heterocycles. The van der Waals surface area contributed by atoms with Crippen molar-refractivity contribution in [2.75, 3.05) is 25.1 Å². The number of hydrogen-bond acceptors (Lipinski definition) is 6. The fourth-order valence-electron chi connectivity index (χ4n) is 4.24. The fourth-order valence-corrected chi connectivity index (χ4v) is 5.79.